The minimum atomic E-state index is -1.07. The summed E-state index contributed by atoms with van der Waals surface area (Å²) >= 11 is 1.57. The minimum Gasteiger partial charge on any atom is -0.478 e. The van der Waals surface area contributed by atoms with Crippen LogP contribution in [-0.4, -0.2) is 40.5 Å². The number of carbonyl (C=O) groups excluding carboxylic acids is 1. The topological polar surface area (TPSA) is 82.5 Å². The number of nitrogens with one attached hydrogen (secondary N) is 1. The van der Waals surface area contributed by atoms with Crippen LogP contribution in [0.3, 0.4) is 0 Å². The van der Waals surface area contributed by atoms with E-state index in [2.05, 4.69) is 10.3 Å². The van der Waals surface area contributed by atoms with Crippen LogP contribution in [0.25, 0.3) is 0 Å². The number of thiazole rings is 1. The first-order valence-electron chi connectivity index (χ1n) is 6.67. The minimum absolute atomic E-state index is 0.0774. The molecular weight excluding hydrogens is 302 g/mol. The van der Waals surface area contributed by atoms with Crippen molar-refractivity contribution in [2.75, 3.05) is 18.9 Å². The van der Waals surface area contributed by atoms with Crippen LogP contribution < -0.4 is 5.32 Å². The van der Waals surface area contributed by atoms with Gasteiger partial charge in [0, 0.05) is 11.9 Å². The summed E-state index contributed by atoms with van der Waals surface area (Å²) in [7, 11) is 1.82. The molecule has 1 amide bonds. The molecule has 2 N–H and O–H groups in total. The summed E-state index contributed by atoms with van der Waals surface area (Å²) in [4.78, 5) is 29.3. The average molecular weight is 319 g/mol. The lowest BCUT2D eigenvalue weighted by atomic mass is 10.2. The zero-order valence-electron chi connectivity index (χ0n) is 12.4. The molecule has 6 nitrogen and oxygen atoms in total. The van der Waals surface area contributed by atoms with Crippen molar-refractivity contribution in [2.45, 2.75) is 13.5 Å². The summed E-state index contributed by atoms with van der Waals surface area (Å²) in [5, 5.41) is 14.7. The Bertz CT molecular complexity index is 684. The predicted molar refractivity (Wildman–Crippen MR) is 85.2 cm³/mol. The molecule has 0 atom stereocenters. The van der Waals surface area contributed by atoms with Gasteiger partial charge in [0.2, 0.25) is 5.91 Å². The van der Waals surface area contributed by atoms with Crippen molar-refractivity contribution in [1.29, 1.82) is 0 Å². The van der Waals surface area contributed by atoms with E-state index < -0.39 is 5.97 Å². The van der Waals surface area contributed by atoms with Gasteiger partial charge >= 0.3 is 5.97 Å². The molecule has 0 fully saturated rings. The average Bonchev–Trinajstić information content (AvgIpc) is 2.83. The number of aromatic carboxylic acids is 1. The standard InChI is InChI=1S/C15H17N3O3S/c1-10-16-11(9-22-10)7-18(2)8-14(19)17-13-6-4-3-5-12(13)15(20)21/h3-6,9H,7-8H2,1-2H3,(H,17,19)(H,20,21). The Labute approximate surface area is 132 Å². The van der Waals surface area contributed by atoms with Gasteiger partial charge in [0.15, 0.2) is 0 Å². The van der Waals surface area contributed by atoms with E-state index in [1.807, 2.05) is 24.3 Å². The molecule has 0 bridgehead atoms. The number of aromatic nitrogens is 1. The smallest absolute Gasteiger partial charge is 0.337 e. The second kappa shape index (κ2) is 7.15. The Balaban J connectivity index is 1.94. The van der Waals surface area contributed by atoms with E-state index in [0.29, 0.717) is 12.2 Å². The summed E-state index contributed by atoms with van der Waals surface area (Å²) in [5.74, 6) is -1.33. The second-order valence-corrected chi connectivity index (χ2v) is 5.99. The summed E-state index contributed by atoms with van der Waals surface area (Å²) in [6.07, 6.45) is 0. The molecular formula is C15H17N3O3S. The number of benzene rings is 1. The molecule has 22 heavy (non-hydrogen) atoms. The van der Waals surface area contributed by atoms with Crippen LogP contribution in [0.4, 0.5) is 5.69 Å². The van der Waals surface area contributed by atoms with Gasteiger partial charge in [-0.3, -0.25) is 9.69 Å². The highest BCUT2D eigenvalue weighted by Gasteiger charge is 2.13. The van der Waals surface area contributed by atoms with E-state index in [9.17, 15) is 9.59 Å². The first kappa shape index (κ1) is 16.1. The molecule has 0 spiro atoms. The van der Waals surface area contributed by atoms with Gasteiger partial charge in [0.05, 0.1) is 28.5 Å². The summed E-state index contributed by atoms with van der Waals surface area (Å²) in [6, 6.07) is 6.34. The lowest BCUT2D eigenvalue weighted by molar-refractivity contribution is -0.117. The Hall–Kier alpha value is -2.25. The molecule has 7 heteroatoms. The zero-order chi connectivity index (χ0) is 16.1. The number of para-hydroxylation sites is 1. The number of carboxylic acids is 1. The van der Waals surface area contributed by atoms with Gasteiger partial charge in [-0.15, -0.1) is 11.3 Å². The van der Waals surface area contributed by atoms with Crippen LogP contribution in [0.5, 0.6) is 0 Å². The normalized spacial score (nSPS) is 10.7. The highest BCUT2D eigenvalue weighted by Crippen LogP contribution is 2.15. The Morgan fingerprint density at radius 3 is 2.73 bits per heavy atom. The van der Waals surface area contributed by atoms with Gasteiger partial charge in [-0.05, 0) is 26.1 Å². The molecule has 0 saturated carbocycles. The van der Waals surface area contributed by atoms with Crippen LogP contribution in [-0.2, 0) is 11.3 Å². The van der Waals surface area contributed by atoms with Gasteiger partial charge in [-0.1, -0.05) is 12.1 Å². The lowest BCUT2D eigenvalue weighted by Crippen LogP contribution is -2.30. The second-order valence-electron chi connectivity index (χ2n) is 4.93. The molecule has 0 saturated heterocycles. The number of carboxylic acid groups (broad SMARTS) is 1. The zero-order valence-corrected chi connectivity index (χ0v) is 13.2. The van der Waals surface area contributed by atoms with Crippen LogP contribution >= 0.6 is 11.3 Å². The van der Waals surface area contributed by atoms with E-state index in [1.165, 1.54) is 6.07 Å². The number of anilines is 1. The van der Waals surface area contributed by atoms with Crippen molar-refractivity contribution in [2.24, 2.45) is 0 Å². The number of hydrogen-bond acceptors (Lipinski definition) is 5. The van der Waals surface area contributed by atoms with Gasteiger partial charge in [0.25, 0.3) is 0 Å². The van der Waals surface area contributed by atoms with Crippen LogP contribution in [0.1, 0.15) is 21.1 Å². The molecule has 0 aliphatic carbocycles. The third-order valence-electron chi connectivity index (χ3n) is 2.94. The van der Waals surface area contributed by atoms with E-state index in [0.717, 1.165) is 10.7 Å². The van der Waals surface area contributed by atoms with Gasteiger partial charge < -0.3 is 10.4 Å². The van der Waals surface area contributed by atoms with E-state index in [-0.39, 0.29) is 18.0 Å². The number of amides is 1. The first-order valence-corrected chi connectivity index (χ1v) is 7.55. The number of rotatable bonds is 6. The number of carbonyl (C=O) groups is 2. The van der Waals surface area contributed by atoms with E-state index in [4.69, 9.17) is 5.11 Å². The van der Waals surface area contributed by atoms with Crippen molar-refractivity contribution >= 4 is 28.9 Å². The van der Waals surface area contributed by atoms with Crippen molar-refractivity contribution in [3.8, 4) is 0 Å². The third-order valence-corrected chi connectivity index (χ3v) is 3.77. The monoisotopic (exact) mass is 319 g/mol. The quantitative estimate of drug-likeness (QED) is 0.853. The molecule has 1 heterocycles. The number of hydrogen-bond donors (Lipinski definition) is 2. The highest BCUT2D eigenvalue weighted by atomic mass is 32.1. The molecule has 0 unspecified atom stereocenters. The molecule has 2 aromatic rings. The van der Waals surface area contributed by atoms with Gasteiger partial charge in [-0.25, -0.2) is 9.78 Å². The SMILES string of the molecule is Cc1nc(CN(C)CC(=O)Nc2ccccc2C(=O)O)cs1. The maximum Gasteiger partial charge on any atom is 0.337 e. The Morgan fingerprint density at radius 2 is 2.09 bits per heavy atom. The first-order chi connectivity index (χ1) is 10.5. The summed E-state index contributed by atoms with van der Waals surface area (Å²) < 4.78 is 0. The van der Waals surface area contributed by atoms with Crippen molar-refractivity contribution in [1.82, 2.24) is 9.88 Å². The number of aryl methyl sites for hydroxylation is 1. The van der Waals surface area contributed by atoms with Crippen molar-refractivity contribution < 1.29 is 14.7 Å². The summed E-state index contributed by atoms with van der Waals surface area (Å²) in [6.45, 7) is 2.66. The van der Waals surface area contributed by atoms with E-state index in [1.54, 1.807) is 29.5 Å². The molecule has 1 aromatic carbocycles. The van der Waals surface area contributed by atoms with Gasteiger partial charge in [0.1, 0.15) is 0 Å². The number of likely N-dealkylation sites (N-methyl/N-ethyl adjacent to an activating group) is 1. The lowest BCUT2D eigenvalue weighted by Gasteiger charge is -2.15. The summed E-state index contributed by atoms with van der Waals surface area (Å²) in [5.41, 5.74) is 1.30. The molecule has 1 aromatic heterocycles. The fourth-order valence-corrected chi connectivity index (χ4v) is 2.63. The van der Waals surface area contributed by atoms with E-state index >= 15 is 0 Å². The molecule has 2 rings (SSSR count). The Kier molecular flexibility index (Phi) is 5.24. The van der Waals surface area contributed by atoms with Crippen molar-refractivity contribution in [3.05, 3.63) is 45.9 Å². The highest BCUT2D eigenvalue weighted by molar-refractivity contribution is 7.09. The molecule has 0 radical (unpaired) electrons. The molecule has 0 aliphatic rings. The van der Waals surface area contributed by atoms with Gasteiger partial charge in [-0.2, -0.15) is 0 Å². The largest absolute Gasteiger partial charge is 0.478 e. The van der Waals surface area contributed by atoms with Crippen LogP contribution in [0.15, 0.2) is 29.6 Å². The Morgan fingerprint density at radius 1 is 1.36 bits per heavy atom. The maximum atomic E-state index is 12.0. The van der Waals surface area contributed by atoms with Crippen molar-refractivity contribution in [3.63, 3.8) is 0 Å². The maximum absolute atomic E-state index is 12.0. The third kappa shape index (κ3) is 4.37. The van der Waals surface area contributed by atoms with Crippen LogP contribution in [0, 0.1) is 6.92 Å². The van der Waals surface area contributed by atoms with Crippen LogP contribution in [0.2, 0.25) is 0 Å². The predicted octanol–water partition coefficient (Wildman–Crippen LogP) is 2.22. The number of nitrogens with zero attached hydrogens (tertiary/aromatic N) is 2. The fourth-order valence-electron chi connectivity index (χ4n) is 2.03. The molecule has 0 aliphatic heterocycles. The fraction of sp³-hybridized carbons (Fsp3) is 0.267. The molecule has 116 valence electrons.